The van der Waals surface area contributed by atoms with Gasteiger partial charge in [0, 0.05) is 48.1 Å². The molecule has 0 aliphatic carbocycles. The Kier molecular flexibility index (Phi) is 6.79. The molecule has 33 heavy (non-hydrogen) atoms. The van der Waals surface area contributed by atoms with Gasteiger partial charge in [0.25, 0.3) is 11.8 Å². The number of amides is 2. The molecule has 2 amide bonds. The van der Waals surface area contributed by atoms with Crippen LogP contribution in [0.25, 0.3) is 0 Å². The fourth-order valence-electron chi connectivity index (χ4n) is 3.77. The Labute approximate surface area is 196 Å². The summed E-state index contributed by atoms with van der Waals surface area (Å²) >= 11 is 6.07. The van der Waals surface area contributed by atoms with Crippen LogP contribution in [-0.4, -0.2) is 50.0 Å². The summed E-state index contributed by atoms with van der Waals surface area (Å²) in [6.45, 7) is 2.46. The largest absolute Gasteiger partial charge is 0.496 e. The number of rotatable bonds is 5. The van der Waals surface area contributed by atoms with Crippen molar-refractivity contribution in [2.45, 2.75) is 0 Å². The van der Waals surface area contributed by atoms with E-state index in [1.165, 1.54) is 25.3 Å². The standard InChI is InChI=1S/C25H23ClFN3O3/c1-33-23-10-5-18(26)16-22(23)25(32)30-13-11-29(12-14-30)21-8-6-20(7-9-21)28-24(31)17-3-2-4-19(27)15-17/h2-10,15-16H,11-14H2,1H3,(H,28,31). The van der Waals surface area contributed by atoms with Crippen LogP contribution in [0.4, 0.5) is 15.8 Å². The molecule has 0 radical (unpaired) electrons. The van der Waals surface area contributed by atoms with Gasteiger partial charge in [0.05, 0.1) is 12.7 Å². The van der Waals surface area contributed by atoms with Gasteiger partial charge in [0.15, 0.2) is 0 Å². The van der Waals surface area contributed by atoms with E-state index in [4.69, 9.17) is 16.3 Å². The summed E-state index contributed by atoms with van der Waals surface area (Å²) in [6, 6.07) is 18.0. The van der Waals surface area contributed by atoms with Gasteiger partial charge < -0.3 is 19.9 Å². The van der Waals surface area contributed by atoms with Gasteiger partial charge in [0.2, 0.25) is 0 Å². The van der Waals surface area contributed by atoms with Crippen LogP contribution in [0.5, 0.6) is 5.75 Å². The van der Waals surface area contributed by atoms with Crippen LogP contribution >= 0.6 is 11.6 Å². The second-order valence-corrected chi connectivity index (χ2v) is 8.07. The minimum absolute atomic E-state index is 0.107. The quantitative estimate of drug-likeness (QED) is 0.590. The van der Waals surface area contributed by atoms with Crippen molar-refractivity contribution < 1.29 is 18.7 Å². The van der Waals surface area contributed by atoms with Crippen LogP contribution in [0, 0.1) is 5.82 Å². The highest BCUT2D eigenvalue weighted by Crippen LogP contribution is 2.26. The zero-order valence-electron chi connectivity index (χ0n) is 18.1. The van der Waals surface area contributed by atoms with Gasteiger partial charge >= 0.3 is 0 Å². The highest BCUT2D eigenvalue weighted by molar-refractivity contribution is 6.31. The third-order valence-electron chi connectivity index (χ3n) is 5.54. The number of nitrogens with zero attached hydrogens (tertiary/aromatic N) is 2. The zero-order valence-corrected chi connectivity index (χ0v) is 18.8. The molecule has 0 aromatic heterocycles. The van der Waals surface area contributed by atoms with E-state index in [1.807, 2.05) is 12.1 Å². The van der Waals surface area contributed by atoms with Crippen molar-refractivity contribution in [2.75, 3.05) is 43.5 Å². The molecule has 1 saturated heterocycles. The molecule has 1 N–H and O–H groups in total. The van der Waals surface area contributed by atoms with Crippen molar-refractivity contribution in [1.82, 2.24) is 4.90 Å². The highest BCUT2D eigenvalue weighted by Gasteiger charge is 2.24. The molecule has 1 fully saturated rings. The van der Waals surface area contributed by atoms with Crippen LogP contribution in [0.1, 0.15) is 20.7 Å². The van der Waals surface area contributed by atoms with E-state index in [0.29, 0.717) is 48.2 Å². The van der Waals surface area contributed by atoms with Gasteiger partial charge in [-0.25, -0.2) is 4.39 Å². The van der Waals surface area contributed by atoms with E-state index >= 15 is 0 Å². The average molecular weight is 468 g/mol. The summed E-state index contributed by atoms with van der Waals surface area (Å²) in [5.74, 6) is -0.428. The summed E-state index contributed by atoms with van der Waals surface area (Å²) in [6.07, 6.45) is 0. The Morgan fingerprint density at radius 3 is 2.36 bits per heavy atom. The maximum atomic E-state index is 13.3. The number of hydrogen-bond donors (Lipinski definition) is 1. The van der Waals surface area contributed by atoms with Gasteiger partial charge in [-0.15, -0.1) is 0 Å². The maximum Gasteiger partial charge on any atom is 0.257 e. The summed E-state index contributed by atoms with van der Waals surface area (Å²) < 4.78 is 18.6. The number of hydrogen-bond acceptors (Lipinski definition) is 4. The van der Waals surface area contributed by atoms with E-state index in [2.05, 4.69) is 10.2 Å². The van der Waals surface area contributed by atoms with E-state index in [0.717, 1.165) is 5.69 Å². The lowest BCUT2D eigenvalue weighted by atomic mass is 10.1. The highest BCUT2D eigenvalue weighted by atomic mass is 35.5. The zero-order chi connectivity index (χ0) is 23.4. The smallest absolute Gasteiger partial charge is 0.257 e. The van der Waals surface area contributed by atoms with Crippen molar-refractivity contribution in [3.8, 4) is 5.75 Å². The molecule has 170 valence electrons. The number of piperazine rings is 1. The van der Waals surface area contributed by atoms with Gasteiger partial charge in [0.1, 0.15) is 11.6 Å². The number of carbonyl (C=O) groups excluding carboxylic acids is 2. The molecule has 1 heterocycles. The summed E-state index contributed by atoms with van der Waals surface area (Å²) in [5.41, 5.74) is 2.33. The third-order valence-corrected chi connectivity index (χ3v) is 5.77. The first kappa shape index (κ1) is 22.6. The number of nitrogens with one attached hydrogen (secondary N) is 1. The molecule has 3 aromatic rings. The van der Waals surface area contributed by atoms with E-state index in [-0.39, 0.29) is 17.4 Å². The van der Waals surface area contributed by atoms with Crippen LogP contribution in [0.2, 0.25) is 5.02 Å². The van der Waals surface area contributed by atoms with Crippen molar-refractivity contribution in [3.05, 3.63) is 88.7 Å². The number of ether oxygens (including phenoxy) is 1. The molecule has 4 rings (SSSR count). The second kappa shape index (κ2) is 9.92. The molecule has 8 heteroatoms. The number of methoxy groups -OCH3 is 1. The van der Waals surface area contributed by atoms with Crippen LogP contribution in [0.15, 0.2) is 66.7 Å². The molecule has 0 unspecified atom stereocenters. The lowest BCUT2D eigenvalue weighted by molar-refractivity contribution is 0.0743. The minimum atomic E-state index is -0.454. The van der Waals surface area contributed by atoms with Crippen LogP contribution < -0.4 is 15.0 Å². The maximum absolute atomic E-state index is 13.3. The monoisotopic (exact) mass is 467 g/mol. The topological polar surface area (TPSA) is 61.9 Å². The molecule has 6 nitrogen and oxygen atoms in total. The molecule has 0 bridgehead atoms. The normalized spacial score (nSPS) is 13.5. The van der Waals surface area contributed by atoms with Gasteiger partial charge in [-0.2, -0.15) is 0 Å². The molecular weight excluding hydrogens is 445 g/mol. The lowest BCUT2D eigenvalue weighted by Crippen LogP contribution is -2.48. The van der Waals surface area contributed by atoms with E-state index in [9.17, 15) is 14.0 Å². The van der Waals surface area contributed by atoms with Crippen molar-refractivity contribution >= 4 is 34.8 Å². The van der Waals surface area contributed by atoms with Crippen LogP contribution in [0.3, 0.4) is 0 Å². The SMILES string of the molecule is COc1ccc(Cl)cc1C(=O)N1CCN(c2ccc(NC(=O)c3cccc(F)c3)cc2)CC1. The first-order chi connectivity index (χ1) is 15.9. The second-order valence-electron chi connectivity index (χ2n) is 7.64. The lowest BCUT2D eigenvalue weighted by Gasteiger charge is -2.36. The minimum Gasteiger partial charge on any atom is -0.496 e. The summed E-state index contributed by atoms with van der Waals surface area (Å²) in [7, 11) is 1.53. The predicted molar refractivity (Wildman–Crippen MR) is 127 cm³/mol. The van der Waals surface area contributed by atoms with Crippen LogP contribution in [-0.2, 0) is 0 Å². The van der Waals surface area contributed by atoms with Gasteiger partial charge in [-0.05, 0) is 60.7 Å². The Morgan fingerprint density at radius 1 is 0.970 bits per heavy atom. The Balaban J connectivity index is 1.36. The van der Waals surface area contributed by atoms with E-state index < -0.39 is 5.82 Å². The molecule has 0 saturated carbocycles. The first-order valence-electron chi connectivity index (χ1n) is 10.5. The molecular formula is C25H23ClFN3O3. The Hall–Kier alpha value is -3.58. The predicted octanol–water partition coefficient (Wildman–Crippen LogP) is 4.70. The number of anilines is 2. The number of carbonyl (C=O) groups is 2. The molecule has 0 spiro atoms. The fraction of sp³-hybridized carbons (Fsp3) is 0.200. The summed E-state index contributed by atoms with van der Waals surface area (Å²) in [4.78, 5) is 29.2. The van der Waals surface area contributed by atoms with Crippen molar-refractivity contribution in [2.24, 2.45) is 0 Å². The van der Waals surface area contributed by atoms with Crippen molar-refractivity contribution in [3.63, 3.8) is 0 Å². The van der Waals surface area contributed by atoms with E-state index in [1.54, 1.807) is 41.3 Å². The number of benzene rings is 3. The Bertz CT molecular complexity index is 1160. The fourth-order valence-corrected chi connectivity index (χ4v) is 3.95. The number of halogens is 2. The third kappa shape index (κ3) is 5.26. The first-order valence-corrected chi connectivity index (χ1v) is 10.9. The summed E-state index contributed by atoms with van der Waals surface area (Å²) in [5, 5.41) is 3.26. The average Bonchev–Trinajstić information content (AvgIpc) is 2.84. The van der Waals surface area contributed by atoms with Gasteiger partial charge in [-0.3, -0.25) is 9.59 Å². The molecule has 1 aliphatic rings. The molecule has 0 atom stereocenters. The van der Waals surface area contributed by atoms with Crippen molar-refractivity contribution in [1.29, 1.82) is 0 Å². The molecule has 1 aliphatic heterocycles. The Morgan fingerprint density at radius 2 is 1.70 bits per heavy atom. The van der Waals surface area contributed by atoms with Gasteiger partial charge in [-0.1, -0.05) is 17.7 Å². The molecule has 3 aromatic carbocycles.